The number of hydrogen-bond donors (Lipinski definition) is 0. The number of likely N-dealkylation sites (tertiary alicyclic amines) is 1. The number of amides is 1. The number of benzene rings is 1. The van der Waals surface area contributed by atoms with Crippen LogP contribution in [-0.4, -0.2) is 36.4 Å². The number of carbonyl (C=O) groups is 2. The summed E-state index contributed by atoms with van der Waals surface area (Å²) in [4.78, 5) is 22.9. The summed E-state index contributed by atoms with van der Waals surface area (Å²) < 4.78 is 37.1. The third-order valence-corrected chi connectivity index (χ3v) is 3.30. The van der Waals surface area contributed by atoms with Gasteiger partial charge in [-0.1, -0.05) is 30.3 Å². The van der Waals surface area contributed by atoms with Crippen molar-refractivity contribution in [1.82, 2.24) is 4.90 Å². The summed E-state index contributed by atoms with van der Waals surface area (Å²) in [5.74, 6) is -2.84. The van der Waals surface area contributed by atoms with Crippen molar-refractivity contribution >= 4 is 12.2 Å². The molecule has 2 atom stereocenters. The Kier molecular flexibility index (Phi) is 3.59. The average molecular weight is 271 g/mol. The van der Waals surface area contributed by atoms with Gasteiger partial charge in [0.2, 0.25) is 0 Å². The van der Waals surface area contributed by atoms with Gasteiger partial charge in [-0.15, -0.1) is 0 Å². The lowest BCUT2D eigenvalue weighted by atomic mass is 9.90. The molecule has 1 aromatic carbocycles. The van der Waals surface area contributed by atoms with Gasteiger partial charge in [0, 0.05) is 24.9 Å². The lowest BCUT2D eigenvalue weighted by Gasteiger charge is -2.17. The lowest BCUT2D eigenvalue weighted by Crippen LogP contribution is -2.39. The molecule has 0 radical (unpaired) electrons. The minimum atomic E-state index is -4.89. The zero-order valence-electron chi connectivity index (χ0n) is 9.93. The highest BCUT2D eigenvalue weighted by atomic mass is 19.4. The summed E-state index contributed by atoms with van der Waals surface area (Å²) in [5.41, 5.74) is 0.775. The third-order valence-electron chi connectivity index (χ3n) is 3.30. The smallest absolute Gasteiger partial charge is 0.334 e. The van der Waals surface area contributed by atoms with E-state index in [-0.39, 0.29) is 19.0 Å². The molecule has 0 N–H and O–H groups in total. The van der Waals surface area contributed by atoms with Crippen LogP contribution in [0.4, 0.5) is 13.2 Å². The van der Waals surface area contributed by atoms with Gasteiger partial charge in [-0.05, 0) is 5.56 Å². The molecule has 0 aromatic heterocycles. The number of hydrogen-bond acceptors (Lipinski definition) is 2. The number of halogens is 3. The van der Waals surface area contributed by atoms with Gasteiger partial charge in [-0.3, -0.25) is 4.79 Å². The molecule has 1 amide bonds. The van der Waals surface area contributed by atoms with Crippen molar-refractivity contribution in [2.24, 2.45) is 5.92 Å². The van der Waals surface area contributed by atoms with Gasteiger partial charge >= 0.3 is 12.1 Å². The Balaban J connectivity index is 2.19. The molecule has 0 aliphatic carbocycles. The second-order valence-electron chi connectivity index (χ2n) is 4.53. The standard InChI is InChI=1S/C13H12F3NO2/c14-13(15,16)12(19)17-6-10(8-18)11(7-17)9-4-2-1-3-5-9/h1-5,8,10-11H,6-7H2/t10-,11-/m1/s1. The van der Waals surface area contributed by atoms with Crippen LogP contribution in [0.25, 0.3) is 0 Å². The molecule has 2 rings (SSSR count). The SMILES string of the molecule is O=C[C@H]1CN(C(=O)C(F)(F)F)C[C@@H]1c1ccccc1. The number of nitrogens with zero attached hydrogens (tertiary/aromatic N) is 1. The first-order valence-corrected chi connectivity index (χ1v) is 5.80. The quantitative estimate of drug-likeness (QED) is 0.771. The van der Waals surface area contributed by atoms with Crippen LogP contribution in [0, 0.1) is 5.92 Å². The van der Waals surface area contributed by atoms with Crippen molar-refractivity contribution in [3.63, 3.8) is 0 Å². The average Bonchev–Trinajstić information content (AvgIpc) is 2.81. The predicted octanol–water partition coefficient (Wildman–Crippen LogP) is 1.99. The number of carbonyl (C=O) groups excluding carboxylic acids is 2. The molecule has 6 heteroatoms. The van der Waals surface area contributed by atoms with E-state index in [1.807, 2.05) is 0 Å². The molecule has 1 aromatic rings. The van der Waals surface area contributed by atoms with Crippen LogP contribution in [0.5, 0.6) is 0 Å². The van der Waals surface area contributed by atoms with E-state index in [9.17, 15) is 22.8 Å². The van der Waals surface area contributed by atoms with E-state index >= 15 is 0 Å². The van der Waals surface area contributed by atoms with E-state index in [2.05, 4.69) is 0 Å². The predicted molar refractivity (Wildman–Crippen MR) is 61.4 cm³/mol. The molecule has 19 heavy (non-hydrogen) atoms. The van der Waals surface area contributed by atoms with Gasteiger partial charge in [0.05, 0.1) is 0 Å². The van der Waals surface area contributed by atoms with E-state index < -0.39 is 18.0 Å². The molecular formula is C13H12F3NO2. The second kappa shape index (κ2) is 5.03. The minimum absolute atomic E-state index is 0.0776. The first-order chi connectivity index (χ1) is 8.93. The highest BCUT2D eigenvalue weighted by molar-refractivity contribution is 5.83. The molecule has 1 saturated heterocycles. The molecule has 1 heterocycles. The number of rotatable bonds is 2. The molecule has 1 fully saturated rings. The van der Waals surface area contributed by atoms with Gasteiger partial charge in [0.15, 0.2) is 0 Å². The van der Waals surface area contributed by atoms with Crippen molar-refractivity contribution in [2.75, 3.05) is 13.1 Å². The summed E-state index contributed by atoms with van der Waals surface area (Å²) in [5, 5.41) is 0. The van der Waals surface area contributed by atoms with E-state index in [0.29, 0.717) is 11.2 Å². The van der Waals surface area contributed by atoms with Crippen LogP contribution in [0.1, 0.15) is 11.5 Å². The maximum atomic E-state index is 12.4. The van der Waals surface area contributed by atoms with Gasteiger partial charge in [0.25, 0.3) is 0 Å². The normalized spacial score (nSPS) is 23.4. The molecule has 3 nitrogen and oxygen atoms in total. The van der Waals surface area contributed by atoms with E-state index in [1.165, 1.54) is 0 Å². The molecule has 1 aliphatic heterocycles. The maximum absolute atomic E-state index is 12.4. The van der Waals surface area contributed by atoms with Crippen molar-refractivity contribution in [3.05, 3.63) is 35.9 Å². The Morgan fingerprint density at radius 1 is 1.21 bits per heavy atom. The monoisotopic (exact) mass is 271 g/mol. The van der Waals surface area contributed by atoms with E-state index in [1.54, 1.807) is 30.3 Å². The summed E-state index contributed by atoms with van der Waals surface area (Å²) in [7, 11) is 0. The Labute approximate surface area is 108 Å². The first-order valence-electron chi connectivity index (χ1n) is 5.80. The second-order valence-corrected chi connectivity index (χ2v) is 4.53. The van der Waals surface area contributed by atoms with Gasteiger partial charge in [-0.25, -0.2) is 0 Å². The van der Waals surface area contributed by atoms with E-state index in [4.69, 9.17) is 0 Å². The van der Waals surface area contributed by atoms with Crippen molar-refractivity contribution in [3.8, 4) is 0 Å². The van der Waals surface area contributed by atoms with Crippen LogP contribution >= 0.6 is 0 Å². The molecule has 0 bridgehead atoms. The number of aldehydes is 1. The third kappa shape index (κ3) is 2.77. The summed E-state index contributed by atoms with van der Waals surface area (Å²) >= 11 is 0. The summed E-state index contributed by atoms with van der Waals surface area (Å²) in [6, 6.07) is 8.80. The Morgan fingerprint density at radius 3 is 2.37 bits per heavy atom. The molecule has 0 saturated carbocycles. The highest BCUT2D eigenvalue weighted by Crippen LogP contribution is 2.33. The lowest BCUT2D eigenvalue weighted by molar-refractivity contribution is -0.184. The van der Waals surface area contributed by atoms with Crippen LogP contribution in [0.15, 0.2) is 30.3 Å². The summed E-state index contributed by atoms with van der Waals surface area (Å²) in [6.07, 6.45) is -4.26. The topological polar surface area (TPSA) is 37.4 Å². The van der Waals surface area contributed by atoms with Crippen molar-refractivity contribution in [1.29, 1.82) is 0 Å². The maximum Gasteiger partial charge on any atom is 0.471 e. The van der Waals surface area contributed by atoms with Gasteiger partial charge < -0.3 is 9.69 Å². The van der Waals surface area contributed by atoms with Gasteiger partial charge in [-0.2, -0.15) is 13.2 Å². The molecular weight excluding hydrogens is 259 g/mol. The highest BCUT2D eigenvalue weighted by Gasteiger charge is 2.47. The fraction of sp³-hybridized carbons (Fsp3) is 0.385. The molecule has 0 unspecified atom stereocenters. The Morgan fingerprint density at radius 2 is 1.84 bits per heavy atom. The Hall–Kier alpha value is -1.85. The molecule has 1 aliphatic rings. The molecule has 102 valence electrons. The van der Waals surface area contributed by atoms with Crippen LogP contribution in [0.2, 0.25) is 0 Å². The fourth-order valence-corrected chi connectivity index (χ4v) is 2.36. The zero-order valence-corrected chi connectivity index (χ0v) is 9.93. The molecule has 0 spiro atoms. The first kappa shape index (κ1) is 13.6. The summed E-state index contributed by atoms with van der Waals surface area (Å²) in [6.45, 7) is -0.257. The minimum Gasteiger partial charge on any atom is -0.334 e. The van der Waals surface area contributed by atoms with Crippen molar-refractivity contribution < 1.29 is 22.8 Å². The van der Waals surface area contributed by atoms with Crippen molar-refractivity contribution in [2.45, 2.75) is 12.1 Å². The van der Waals surface area contributed by atoms with Gasteiger partial charge in [0.1, 0.15) is 6.29 Å². The van der Waals surface area contributed by atoms with Crippen LogP contribution < -0.4 is 0 Å². The van der Waals surface area contributed by atoms with E-state index in [0.717, 1.165) is 5.56 Å². The Bertz CT molecular complexity index is 473. The largest absolute Gasteiger partial charge is 0.471 e. The van der Waals surface area contributed by atoms with Crippen LogP contribution in [-0.2, 0) is 9.59 Å². The fourth-order valence-electron chi connectivity index (χ4n) is 2.36. The van der Waals surface area contributed by atoms with Crippen LogP contribution in [0.3, 0.4) is 0 Å². The zero-order chi connectivity index (χ0) is 14.0. The number of alkyl halides is 3.